The van der Waals surface area contributed by atoms with Crippen LogP contribution < -0.4 is 5.32 Å². The summed E-state index contributed by atoms with van der Waals surface area (Å²) in [5.41, 5.74) is 0. The normalized spacial score (nSPS) is 18.2. The predicted molar refractivity (Wildman–Crippen MR) is 54.5 cm³/mol. The van der Waals surface area contributed by atoms with Crippen molar-refractivity contribution in [3.05, 3.63) is 0 Å². The third-order valence-electron chi connectivity index (χ3n) is 2.68. The van der Waals surface area contributed by atoms with Gasteiger partial charge in [0, 0.05) is 18.9 Å². The van der Waals surface area contributed by atoms with Gasteiger partial charge in [0.15, 0.2) is 0 Å². The first-order valence-electron chi connectivity index (χ1n) is 5.49. The van der Waals surface area contributed by atoms with Gasteiger partial charge in [0.1, 0.15) is 0 Å². The highest BCUT2D eigenvalue weighted by Gasteiger charge is 2.13. The van der Waals surface area contributed by atoms with Gasteiger partial charge in [-0.2, -0.15) is 5.26 Å². The fraction of sp³-hybridized carbons (Fsp3) is 0.818. The molecule has 1 aliphatic rings. The molecule has 3 nitrogen and oxygen atoms in total. The van der Waals surface area contributed by atoms with Gasteiger partial charge in [0.2, 0.25) is 5.91 Å². The maximum atomic E-state index is 11.3. The summed E-state index contributed by atoms with van der Waals surface area (Å²) in [4.78, 5) is 11.3. The largest absolute Gasteiger partial charge is 0.353 e. The Kier molecular flexibility index (Phi) is 5.06. The van der Waals surface area contributed by atoms with Crippen molar-refractivity contribution in [1.29, 1.82) is 5.26 Å². The molecular weight excluding hydrogens is 176 g/mol. The molecule has 14 heavy (non-hydrogen) atoms. The van der Waals surface area contributed by atoms with E-state index in [1.165, 1.54) is 25.7 Å². The summed E-state index contributed by atoms with van der Waals surface area (Å²) in [6, 6.07) is 2.35. The number of carbonyl (C=O) groups is 1. The van der Waals surface area contributed by atoms with E-state index in [0.29, 0.717) is 18.9 Å². The second-order valence-corrected chi connectivity index (χ2v) is 3.91. The molecule has 0 aromatic rings. The molecule has 1 saturated carbocycles. The van der Waals surface area contributed by atoms with E-state index in [2.05, 4.69) is 5.32 Å². The van der Waals surface area contributed by atoms with Crippen LogP contribution >= 0.6 is 0 Å². The Bertz CT molecular complexity index is 212. The second-order valence-electron chi connectivity index (χ2n) is 3.91. The lowest BCUT2D eigenvalue weighted by molar-refractivity contribution is -0.121. The van der Waals surface area contributed by atoms with Gasteiger partial charge in [-0.25, -0.2) is 0 Å². The number of amides is 1. The molecule has 3 heteroatoms. The summed E-state index contributed by atoms with van der Waals surface area (Å²) in [5, 5.41) is 11.3. The molecule has 0 unspecified atom stereocenters. The average Bonchev–Trinajstić information content (AvgIpc) is 2.43. The van der Waals surface area contributed by atoms with E-state index in [1.54, 1.807) is 0 Å². The van der Waals surface area contributed by atoms with Gasteiger partial charge in [-0.15, -0.1) is 0 Å². The molecule has 0 aliphatic heterocycles. The van der Waals surface area contributed by atoms with Crippen LogP contribution in [0.4, 0.5) is 0 Å². The summed E-state index contributed by atoms with van der Waals surface area (Å²) in [6.07, 6.45) is 7.95. The van der Waals surface area contributed by atoms with Gasteiger partial charge in [-0.1, -0.05) is 25.7 Å². The van der Waals surface area contributed by atoms with Crippen LogP contribution in [0.15, 0.2) is 0 Å². The van der Waals surface area contributed by atoms with Crippen LogP contribution in [-0.2, 0) is 4.79 Å². The maximum absolute atomic E-state index is 11.3. The molecule has 78 valence electrons. The topological polar surface area (TPSA) is 52.9 Å². The Balaban J connectivity index is 2.21. The third-order valence-corrected chi connectivity index (χ3v) is 2.68. The Hall–Kier alpha value is -1.04. The molecule has 0 heterocycles. The molecule has 0 aromatic carbocycles. The van der Waals surface area contributed by atoms with Crippen LogP contribution in [0.5, 0.6) is 0 Å². The quantitative estimate of drug-likeness (QED) is 0.700. The predicted octanol–water partition coefficient (Wildman–Crippen LogP) is 2.13. The van der Waals surface area contributed by atoms with Gasteiger partial charge in [-0.05, 0) is 12.8 Å². The summed E-state index contributed by atoms with van der Waals surface area (Å²) >= 11 is 0. The van der Waals surface area contributed by atoms with Crippen molar-refractivity contribution in [2.45, 2.75) is 57.4 Å². The Morgan fingerprint density at radius 1 is 1.29 bits per heavy atom. The molecule has 0 saturated heterocycles. The molecule has 1 amide bonds. The monoisotopic (exact) mass is 194 g/mol. The van der Waals surface area contributed by atoms with Gasteiger partial charge in [0.25, 0.3) is 0 Å². The number of hydrogen-bond acceptors (Lipinski definition) is 2. The minimum absolute atomic E-state index is 0.0402. The first-order valence-corrected chi connectivity index (χ1v) is 5.49. The molecule has 1 fully saturated rings. The van der Waals surface area contributed by atoms with Crippen molar-refractivity contribution in [2.75, 3.05) is 0 Å². The molecule has 1 rings (SSSR count). The van der Waals surface area contributed by atoms with Crippen LogP contribution in [0.25, 0.3) is 0 Å². The summed E-state index contributed by atoms with van der Waals surface area (Å²) in [5.74, 6) is 0.0402. The Labute approximate surface area is 85.5 Å². The first kappa shape index (κ1) is 11.0. The van der Waals surface area contributed by atoms with Crippen LogP contribution in [0, 0.1) is 11.3 Å². The third kappa shape index (κ3) is 4.27. The molecule has 0 radical (unpaired) electrons. The molecule has 0 atom stereocenters. The minimum atomic E-state index is 0.0402. The van der Waals surface area contributed by atoms with Crippen molar-refractivity contribution < 1.29 is 4.79 Å². The van der Waals surface area contributed by atoms with E-state index in [1.807, 2.05) is 6.07 Å². The molecule has 0 aromatic heterocycles. The summed E-state index contributed by atoms with van der Waals surface area (Å²) < 4.78 is 0. The lowest BCUT2D eigenvalue weighted by Gasteiger charge is -2.15. The Morgan fingerprint density at radius 3 is 2.50 bits per heavy atom. The van der Waals surface area contributed by atoms with E-state index in [4.69, 9.17) is 5.26 Å². The van der Waals surface area contributed by atoms with Crippen molar-refractivity contribution in [3.8, 4) is 6.07 Å². The van der Waals surface area contributed by atoms with E-state index in [-0.39, 0.29) is 5.91 Å². The van der Waals surface area contributed by atoms with Crippen LogP contribution in [0.3, 0.4) is 0 Å². The highest BCUT2D eigenvalue weighted by Crippen LogP contribution is 2.17. The lowest BCUT2D eigenvalue weighted by atomic mass is 10.1. The Morgan fingerprint density at radius 2 is 1.93 bits per heavy atom. The maximum Gasteiger partial charge on any atom is 0.221 e. The molecule has 1 N–H and O–H groups in total. The zero-order valence-electron chi connectivity index (χ0n) is 8.59. The fourth-order valence-corrected chi connectivity index (χ4v) is 1.89. The lowest BCUT2D eigenvalue weighted by Crippen LogP contribution is -2.34. The minimum Gasteiger partial charge on any atom is -0.353 e. The zero-order chi connectivity index (χ0) is 10.2. The SMILES string of the molecule is N#CCCC(=O)NC1CCCCCC1. The van der Waals surface area contributed by atoms with Gasteiger partial charge >= 0.3 is 0 Å². The van der Waals surface area contributed by atoms with Crippen LogP contribution in [0.1, 0.15) is 51.4 Å². The molecular formula is C11H18N2O. The van der Waals surface area contributed by atoms with E-state index < -0.39 is 0 Å². The number of nitrogens with one attached hydrogen (secondary N) is 1. The number of hydrogen-bond donors (Lipinski definition) is 1. The van der Waals surface area contributed by atoms with Crippen molar-refractivity contribution >= 4 is 5.91 Å². The molecule has 0 spiro atoms. The van der Waals surface area contributed by atoms with Crippen molar-refractivity contribution in [2.24, 2.45) is 0 Å². The fourth-order valence-electron chi connectivity index (χ4n) is 1.89. The summed E-state index contributed by atoms with van der Waals surface area (Å²) in [6.45, 7) is 0. The average molecular weight is 194 g/mol. The molecule has 1 aliphatic carbocycles. The molecule has 0 bridgehead atoms. The van der Waals surface area contributed by atoms with Gasteiger partial charge in [-0.3, -0.25) is 4.79 Å². The van der Waals surface area contributed by atoms with Crippen LogP contribution in [0.2, 0.25) is 0 Å². The highest BCUT2D eigenvalue weighted by molar-refractivity contribution is 5.76. The van der Waals surface area contributed by atoms with E-state index in [9.17, 15) is 4.79 Å². The van der Waals surface area contributed by atoms with Gasteiger partial charge in [0.05, 0.1) is 6.07 Å². The number of carbonyl (C=O) groups excluding carboxylic acids is 1. The van der Waals surface area contributed by atoms with E-state index >= 15 is 0 Å². The van der Waals surface area contributed by atoms with Crippen LogP contribution in [-0.4, -0.2) is 11.9 Å². The number of rotatable bonds is 3. The van der Waals surface area contributed by atoms with Gasteiger partial charge < -0.3 is 5.32 Å². The van der Waals surface area contributed by atoms with E-state index in [0.717, 1.165) is 12.8 Å². The number of nitriles is 1. The second kappa shape index (κ2) is 6.42. The highest BCUT2D eigenvalue weighted by atomic mass is 16.1. The first-order chi connectivity index (χ1) is 6.83. The smallest absolute Gasteiger partial charge is 0.221 e. The zero-order valence-corrected chi connectivity index (χ0v) is 8.59. The standard InChI is InChI=1S/C11H18N2O/c12-9-5-8-11(14)13-10-6-3-1-2-4-7-10/h10H,1-8H2,(H,13,14). The number of nitrogens with zero attached hydrogens (tertiary/aromatic N) is 1. The summed E-state index contributed by atoms with van der Waals surface area (Å²) in [7, 11) is 0. The van der Waals surface area contributed by atoms with Crippen molar-refractivity contribution in [3.63, 3.8) is 0 Å². The van der Waals surface area contributed by atoms with Crippen molar-refractivity contribution in [1.82, 2.24) is 5.32 Å².